The van der Waals surface area contributed by atoms with Crippen LogP contribution in [0.25, 0.3) is 22.1 Å². The standard InChI is InChI=1S/C26H27N9O4/c1-4-15-11-26(15,23(27)36)35-22-14(12-29-35)5-8-20(32-22)31-21-10-18-19(13-28-21)33(2)25(38)34(18)17-7-6-16(9-17)30-24(37)39-3/h1,5,8,10,12-13,15-17H,6-7,9,11H2,2-3H3,(H2,27,36)(H,30,37)(H,28,31,32)/t15-,16+,17+,26-/m0/s1/i2D3,16D. The van der Waals surface area contributed by atoms with Crippen molar-refractivity contribution in [2.45, 2.75) is 43.3 Å². The number of aromatic nitrogens is 6. The van der Waals surface area contributed by atoms with Crippen LogP contribution in [-0.2, 0) is 22.0 Å². The Morgan fingerprint density at radius 2 is 2.15 bits per heavy atom. The number of rotatable bonds is 6. The van der Waals surface area contributed by atoms with Crippen molar-refractivity contribution in [1.29, 1.82) is 0 Å². The molecule has 13 heteroatoms. The van der Waals surface area contributed by atoms with Gasteiger partial charge in [0, 0.05) is 34.6 Å². The lowest BCUT2D eigenvalue weighted by atomic mass is 10.2. The summed E-state index contributed by atoms with van der Waals surface area (Å²) >= 11 is 0. The van der Waals surface area contributed by atoms with Crippen LogP contribution < -0.4 is 22.1 Å². The van der Waals surface area contributed by atoms with Gasteiger partial charge in [0.2, 0.25) is 5.91 Å². The van der Waals surface area contributed by atoms with Crippen molar-refractivity contribution >= 4 is 45.7 Å². The number of carbonyl (C=O) groups excluding carboxylic acids is 2. The molecule has 0 aromatic carbocycles. The molecule has 0 spiro atoms. The number of hydrogen-bond acceptors (Lipinski definition) is 8. The zero-order valence-electron chi connectivity index (χ0n) is 24.8. The third kappa shape index (κ3) is 3.79. The minimum atomic E-state index is -2.79. The van der Waals surface area contributed by atoms with Crippen LogP contribution >= 0.6 is 0 Å². The first-order valence-electron chi connectivity index (χ1n) is 14.2. The average molecular weight is 534 g/mol. The highest BCUT2D eigenvalue weighted by atomic mass is 16.5. The quantitative estimate of drug-likeness (QED) is 0.314. The van der Waals surface area contributed by atoms with Crippen LogP contribution in [0.4, 0.5) is 16.4 Å². The number of fused-ring (bicyclic) bond motifs is 2. The van der Waals surface area contributed by atoms with Crippen molar-refractivity contribution in [2.75, 3.05) is 12.4 Å². The second-order valence-electron chi connectivity index (χ2n) is 9.67. The van der Waals surface area contributed by atoms with Crippen molar-refractivity contribution in [3.63, 3.8) is 0 Å². The number of pyridine rings is 2. The van der Waals surface area contributed by atoms with Crippen LogP contribution in [0, 0.1) is 18.3 Å². The molecule has 0 bridgehead atoms. The zero-order chi connectivity index (χ0) is 30.9. The fraction of sp³-hybridized carbons (Fsp3) is 0.385. The first-order chi connectivity index (χ1) is 20.3. The van der Waals surface area contributed by atoms with Gasteiger partial charge in [0.1, 0.15) is 11.6 Å². The zero-order valence-corrected chi connectivity index (χ0v) is 20.8. The van der Waals surface area contributed by atoms with Gasteiger partial charge in [0.25, 0.3) is 0 Å². The molecular weight excluding hydrogens is 502 g/mol. The Kier molecular flexibility index (Phi) is 4.58. The number of anilines is 2. The molecule has 2 aliphatic carbocycles. The van der Waals surface area contributed by atoms with Crippen LogP contribution in [0.2, 0.25) is 0 Å². The number of imidazole rings is 1. The number of hydrogen-bond donors (Lipinski definition) is 3. The summed E-state index contributed by atoms with van der Waals surface area (Å²) in [7, 11) is 1.19. The van der Waals surface area contributed by atoms with E-state index in [9.17, 15) is 14.4 Å². The van der Waals surface area contributed by atoms with Gasteiger partial charge in [0.15, 0.2) is 11.2 Å². The molecule has 13 nitrogen and oxygen atoms in total. The highest BCUT2D eigenvalue weighted by molar-refractivity contribution is 5.90. The van der Waals surface area contributed by atoms with Crippen LogP contribution in [0.5, 0.6) is 0 Å². The molecule has 2 amide bonds. The largest absolute Gasteiger partial charge is 0.453 e. The van der Waals surface area contributed by atoms with Crippen LogP contribution in [0.15, 0.2) is 35.4 Å². The first-order valence-corrected chi connectivity index (χ1v) is 12.2. The Labute approximate surface area is 228 Å². The number of nitrogens with zero attached hydrogens (tertiary/aromatic N) is 6. The summed E-state index contributed by atoms with van der Waals surface area (Å²) < 4.78 is 40.6. The maximum Gasteiger partial charge on any atom is 0.407 e. The fourth-order valence-corrected chi connectivity index (χ4v) is 5.35. The van der Waals surface area contributed by atoms with E-state index in [0.717, 1.165) is 0 Å². The topological polar surface area (TPSA) is 164 Å². The van der Waals surface area contributed by atoms with E-state index in [-0.39, 0.29) is 29.7 Å². The third-order valence-corrected chi connectivity index (χ3v) is 7.46. The highest BCUT2D eigenvalue weighted by Crippen LogP contribution is 2.50. The molecule has 4 atom stereocenters. The molecule has 39 heavy (non-hydrogen) atoms. The lowest BCUT2D eigenvalue weighted by molar-refractivity contribution is -0.122. The number of nitrogens with one attached hydrogen (secondary N) is 2. The first kappa shape index (κ1) is 20.1. The minimum Gasteiger partial charge on any atom is -0.453 e. The second kappa shape index (κ2) is 8.87. The molecular formula is C26H27N9O4. The normalized spacial score (nSPS) is 27.7. The molecule has 4 aromatic heterocycles. The van der Waals surface area contributed by atoms with E-state index in [2.05, 4.69) is 36.4 Å². The number of primary amides is 1. The van der Waals surface area contributed by atoms with Gasteiger partial charge >= 0.3 is 11.8 Å². The van der Waals surface area contributed by atoms with Gasteiger partial charge < -0.3 is 21.1 Å². The number of aryl methyl sites for hydroxylation is 1. The summed E-state index contributed by atoms with van der Waals surface area (Å²) in [5.74, 6) is 2.15. The maximum atomic E-state index is 13.5. The number of methoxy groups -OCH3 is 1. The van der Waals surface area contributed by atoms with Crippen molar-refractivity contribution in [2.24, 2.45) is 18.6 Å². The molecule has 0 saturated heterocycles. The summed E-state index contributed by atoms with van der Waals surface area (Å²) in [6.07, 6.45) is 8.61. The SMILES string of the molecule is [2H]C([2H])([2H])n1c(=O)n([C@@H]2CC[C@@]([2H])(NC(=O)OC)C2)c2cc(Nc3ccc4cnn([C@@]5(C(N)=O)C[C@@H]5C#C)c4n3)ncc21. The van der Waals surface area contributed by atoms with Gasteiger partial charge in [-0.2, -0.15) is 5.10 Å². The van der Waals surface area contributed by atoms with E-state index >= 15 is 0 Å². The smallest absolute Gasteiger partial charge is 0.407 e. The molecule has 2 aliphatic rings. The van der Waals surface area contributed by atoms with Crippen LogP contribution in [-0.4, -0.2) is 54.0 Å². The Balaban J connectivity index is 1.39. The predicted octanol–water partition coefficient (Wildman–Crippen LogP) is 1.51. The maximum absolute atomic E-state index is 13.5. The molecule has 0 aliphatic heterocycles. The molecule has 4 N–H and O–H groups in total. The Bertz CT molecular complexity index is 1910. The van der Waals surface area contributed by atoms with Gasteiger partial charge in [-0.3, -0.25) is 13.9 Å². The fourth-order valence-electron chi connectivity index (χ4n) is 5.35. The lowest BCUT2D eigenvalue weighted by Crippen LogP contribution is -2.36. The summed E-state index contributed by atoms with van der Waals surface area (Å²) in [4.78, 5) is 46.6. The summed E-state index contributed by atoms with van der Waals surface area (Å²) in [6.45, 7) is -2.79. The molecule has 2 saturated carbocycles. The summed E-state index contributed by atoms with van der Waals surface area (Å²) in [5, 5.41) is 10.6. The lowest BCUT2D eigenvalue weighted by Gasteiger charge is -2.15. The van der Waals surface area contributed by atoms with Gasteiger partial charge in [-0.1, -0.05) is 0 Å². The average Bonchev–Trinajstić information content (AvgIpc) is 3.16. The van der Waals surface area contributed by atoms with E-state index in [4.69, 9.17) is 17.6 Å². The molecule has 4 heterocycles. The third-order valence-electron chi connectivity index (χ3n) is 7.46. The van der Waals surface area contributed by atoms with Crippen LogP contribution in [0.1, 0.15) is 37.2 Å². The van der Waals surface area contributed by atoms with Gasteiger partial charge in [0.05, 0.1) is 37.8 Å². The van der Waals surface area contributed by atoms with E-state index in [1.807, 2.05) is 0 Å². The molecule has 4 aromatic rings. The molecule has 2 fully saturated rings. The van der Waals surface area contributed by atoms with Crippen LogP contribution in [0.3, 0.4) is 0 Å². The number of ether oxygens (including phenoxy) is 1. The Morgan fingerprint density at radius 1 is 1.31 bits per heavy atom. The van der Waals surface area contributed by atoms with Crippen molar-refractivity contribution in [3.05, 3.63) is 41.1 Å². The number of nitrogens with two attached hydrogens (primary N) is 1. The van der Waals surface area contributed by atoms with E-state index < -0.39 is 48.2 Å². The number of alkyl carbamates (subject to hydrolysis) is 1. The molecule has 0 unspecified atom stereocenters. The molecule has 0 radical (unpaired) electrons. The van der Waals surface area contributed by atoms with Gasteiger partial charge in [-0.15, -0.1) is 12.3 Å². The van der Waals surface area contributed by atoms with Crippen molar-refractivity contribution < 1.29 is 19.8 Å². The number of terminal acetylenes is 1. The minimum absolute atomic E-state index is 0.0513. The number of carbonyl (C=O) groups is 2. The van der Waals surface area contributed by atoms with Crippen molar-refractivity contribution in [1.82, 2.24) is 34.2 Å². The van der Waals surface area contributed by atoms with Gasteiger partial charge in [-0.25, -0.2) is 24.2 Å². The van der Waals surface area contributed by atoms with E-state index in [0.29, 0.717) is 34.3 Å². The highest BCUT2D eigenvalue weighted by Gasteiger charge is 2.62. The summed E-state index contributed by atoms with van der Waals surface area (Å²) in [6, 6.07) is 2.97. The van der Waals surface area contributed by atoms with E-state index in [1.165, 1.54) is 28.6 Å². The van der Waals surface area contributed by atoms with E-state index in [1.54, 1.807) is 18.3 Å². The Hall–Kier alpha value is -4.86. The van der Waals surface area contributed by atoms with Gasteiger partial charge in [-0.05, 0) is 37.8 Å². The van der Waals surface area contributed by atoms with Crippen molar-refractivity contribution in [3.8, 4) is 12.3 Å². The predicted molar refractivity (Wildman–Crippen MR) is 142 cm³/mol. The molecule has 6 rings (SSSR count). The molecule has 200 valence electrons. The Morgan fingerprint density at radius 3 is 2.87 bits per heavy atom. The monoisotopic (exact) mass is 533 g/mol. The summed E-state index contributed by atoms with van der Waals surface area (Å²) in [5.41, 5.74) is 4.49. The number of amides is 2. The second-order valence-corrected chi connectivity index (χ2v) is 9.67.